The van der Waals surface area contributed by atoms with Crippen LogP contribution in [0.4, 0.5) is 10.1 Å². The monoisotopic (exact) mass is 336 g/mol. The molecule has 0 fully saturated rings. The molecular weight excluding hydrogens is 319 g/mol. The Morgan fingerprint density at radius 3 is 2.61 bits per heavy atom. The molecule has 0 bridgehead atoms. The summed E-state index contributed by atoms with van der Waals surface area (Å²) < 4.78 is 18.1. The first kappa shape index (κ1) is 17.1. The van der Waals surface area contributed by atoms with Crippen LogP contribution in [0.2, 0.25) is 0 Å². The number of hydrogen-bond donors (Lipinski definition) is 1. The van der Waals surface area contributed by atoms with Gasteiger partial charge in [0.25, 0.3) is 5.91 Å². The molecule has 0 unspecified atom stereocenters. The van der Waals surface area contributed by atoms with Crippen LogP contribution in [0.1, 0.15) is 50.5 Å². The van der Waals surface area contributed by atoms with E-state index >= 15 is 0 Å². The predicted octanol–water partition coefficient (Wildman–Crippen LogP) is 3.75. The van der Waals surface area contributed by atoms with Crippen molar-refractivity contribution in [3.8, 4) is 0 Å². The Morgan fingerprint density at radius 2 is 2.04 bits per heavy atom. The number of carbonyl (C=O) groups is 2. The van der Waals surface area contributed by atoms with E-state index < -0.39 is 11.8 Å². The van der Waals surface area contributed by atoms with E-state index in [1.165, 1.54) is 30.6 Å². The van der Waals surface area contributed by atoms with E-state index in [0.29, 0.717) is 16.3 Å². The Labute approximate surface area is 137 Å². The summed E-state index contributed by atoms with van der Waals surface area (Å²) >= 11 is 1.32. The first-order chi connectivity index (χ1) is 10.8. The number of rotatable bonds is 4. The van der Waals surface area contributed by atoms with Crippen LogP contribution in [0.25, 0.3) is 0 Å². The van der Waals surface area contributed by atoms with Crippen LogP contribution in [-0.4, -0.2) is 24.0 Å². The van der Waals surface area contributed by atoms with Gasteiger partial charge in [0.1, 0.15) is 10.7 Å². The van der Waals surface area contributed by atoms with Gasteiger partial charge in [0, 0.05) is 11.6 Å². The smallest absolute Gasteiger partial charge is 0.340 e. The molecule has 5 nitrogen and oxygen atoms in total. The molecular formula is C16H17FN2O3S. The van der Waals surface area contributed by atoms with Crippen molar-refractivity contribution in [3.63, 3.8) is 0 Å². The minimum Gasteiger partial charge on any atom is -0.465 e. The van der Waals surface area contributed by atoms with Gasteiger partial charge in [-0.25, -0.2) is 14.2 Å². The Balaban J connectivity index is 2.25. The Morgan fingerprint density at radius 1 is 1.35 bits per heavy atom. The van der Waals surface area contributed by atoms with Gasteiger partial charge in [-0.1, -0.05) is 13.8 Å². The second-order valence-corrected chi connectivity index (χ2v) is 6.29. The lowest BCUT2D eigenvalue weighted by Crippen LogP contribution is -2.13. The fraction of sp³-hybridized carbons (Fsp3) is 0.312. The average Bonchev–Trinajstić information content (AvgIpc) is 2.90. The second kappa shape index (κ2) is 6.87. The SMILES string of the molecule is COC(=O)c1cc(NC(=O)c2sc(C(C)C)nc2C)ccc1F. The first-order valence-corrected chi connectivity index (χ1v) is 7.81. The molecule has 1 aromatic carbocycles. The highest BCUT2D eigenvalue weighted by Crippen LogP contribution is 2.25. The van der Waals surface area contributed by atoms with Crippen LogP contribution >= 0.6 is 11.3 Å². The van der Waals surface area contributed by atoms with Crippen LogP contribution in [0.15, 0.2) is 18.2 Å². The zero-order valence-electron chi connectivity index (χ0n) is 13.3. The van der Waals surface area contributed by atoms with Gasteiger partial charge in [0.2, 0.25) is 0 Å². The fourth-order valence-corrected chi connectivity index (χ4v) is 2.90. The highest BCUT2D eigenvalue weighted by molar-refractivity contribution is 7.14. The largest absolute Gasteiger partial charge is 0.465 e. The van der Waals surface area contributed by atoms with Crippen LogP contribution in [-0.2, 0) is 4.74 Å². The number of carbonyl (C=O) groups excluding carboxylic acids is 2. The lowest BCUT2D eigenvalue weighted by atomic mass is 10.2. The number of benzene rings is 1. The second-order valence-electron chi connectivity index (χ2n) is 5.26. The number of halogens is 1. The van der Waals surface area contributed by atoms with Gasteiger partial charge < -0.3 is 10.1 Å². The molecule has 0 aliphatic carbocycles. The zero-order valence-corrected chi connectivity index (χ0v) is 14.1. The molecule has 2 rings (SSSR count). The molecule has 0 radical (unpaired) electrons. The summed E-state index contributed by atoms with van der Waals surface area (Å²) in [6, 6.07) is 3.75. The number of amides is 1. The summed E-state index contributed by atoms with van der Waals surface area (Å²) in [5.74, 6) is -1.60. The molecule has 0 aliphatic heterocycles. The normalized spacial score (nSPS) is 10.7. The molecule has 1 aromatic heterocycles. The molecule has 0 atom stereocenters. The van der Waals surface area contributed by atoms with Crippen molar-refractivity contribution in [1.82, 2.24) is 4.98 Å². The van der Waals surface area contributed by atoms with Crippen molar-refractivity contribution >= 4 is 28.9 Å². The zero-order chi connectivity index (χ0) is 17.1. The van der Waals surface area contributed by atoms with Crippen LogP contribution < -0.4 is 5.32 Å². The number of anilines is 1. The summed E-state index contributed by atoms with van der Waals surface area (Å²) in [4.78, 5) is 28.7. The topological polar surface area (TPSA) is 68.3 Å². The number of nitrogens with zero attached hydrogens (tertiary/aromatic N) is 1. The summed E-state index contributed by atoms with van der Waals surface area (Å²) in [7, 11) is 1.17. The quantitative estimate of drug-likeness (QED) is 0.863. The van der Waals surface area contributed by atoms with Crippen molar-refractivity contribution in [2.45, 2.75) is 26.7 Å². The summed E-state index contributed by atoms with van der Waals surface area (Å²) in [5, 5.41) is 3.53. The maximum absolute atomic E-state index is 13.6. The van der Waals surface area contributed by atoms with E-state index in [1.54, 1.807) is 6.92 Å². The molecule has 122 valence electrons. The Kier molecular flexibility index (Phi) is 5.10. The van der Waals surface area contributed by atoms with Crippen molar-refractivity contribution in [3.05, 3.63) is 45.2 Å². The molecule has 1 heterocycles. The summed E-state index contributed by atoms with van der Waals surface area (Å²) in [6.07, 6.45) is 0. The van der Waals surface area contributed by atoms with E-state index in [9.17, 15) is 14.0 Å². The van der Waals surface area contributed by atoms with Gasteiger partial charge in [0.15, 0.2) is 0 Å². The molecule has 1 N–H and O–H groups in total. The van der Waals surface area contributed by atoms with E-state index in [0.717, 1.165) is 11.1 Å². The molecule has 1 amide bonds. The third kappa shape index (κ3) is 3.73. The standard InChI is InChI=1S/C16H17FN2O3S/c1-8(2)15-18-9(3)13(23-15)14(20)19-10-5-6-12(17)11(7-10)16(21)22-4/h5-8H,1-4H3,(H,19,20). The number of hydrogen-bond acceptors (Lipinski definition) is 5. The third-order valence-electron chi connectivity index (χ3n) is 3.14. The van der Waals surface area contributed by atoms with Gasteiger partial charge in [-0.15, -0.1) is 11.3 Å². The highest BCUT2D eigenvalue weighted by atomic mass is 32.1. The van der Waals surface area contributed by atoms with Crippen molar-refractivity contribution in [2.24, 2.45) is 0 Å². The number of aryl methyl sites for hydroxylation is 1. The highest BCUT2D eigenvalue weighted by Gasteiger charge is 2.18. The van der Waals surface area contributed by atoms with Crippen LogP contribution in [0, 0.1) is 12.7 Å². The fourth-order valence-electron chi connectivity index (χ4n) is 1.93. The number of ether oxygens (including phenoxy) is 1. The maximum Gasteiger partial charge on any atom is 0.340 e. The van der Waals surface area contributed by atoms with Gasteiger partial charge in [-0.2, -0.15) is 0 Å². The van der Waals surface area contributed by atoms with Gasteiger partial charge in [-0.05, 0) is 25.1 Å². The van der Waals surface area contributed by atoms with Gasteiger partial charge in [-0.3, -0.25) is 4.79 Å². The number of methoxy groups -OCH3 is 1. The molecule has 2 aromatic rings. The van der Waals surface area contributed by atoms with Crippen molar-refractivity contribution in [1.29, 1.82) is 0 Å². The van der Waals surface area contributed by atoms with Crippen molar-refractivity contribution < 1.29 is 18.7 Å². The summed E-state index contributed by atoms with van der Waals surface area (Å²) in [5.41, 5.74) is 0.733. The lowest BCUT2D eigenvalue weighted by Gasteiger charge is -2.07. The van der Waals surface area contributed by atoms with Gasteiger partial charge in [0.05, 0.1) is 23.4 Å². The van der Waals surface area contributed by atoms with Crippen molar-refractivity contribution in [2.75, 3.05) is 12.4 Å². The molecule has 0 spiro atoms. The average molecular weight is 336 g/mol. The Hall–Kier alpha value is -2.28. The van der Waals surface area contributed by atoms with E-state index in [4.69, 9.17) is 0 Å². The molecule has 0 aliphatic rings. The Bertz CT molecular complexity index is 756. The maximum atomic E-state index is 13.6. The number of esters is 1. The molecule has 0 saturated heterocycles. The number of aromatic nitrogens is 1. The minimum absolute atomic E-state index is 0.228. The number of thiazole rings is 1. The third-order valence-corrected chi connectivity index (χ3v) is 4.60. The minimum atomic E-state index is -0.797. The number of nitrogens with one attached hydrogen (secondary N) is 1. The van der Waals surface area contributed by atoms with Gasteiger partial charge >= 0.3 is 5.97 Å². The molecule has 7 heteroatoms. The van der Waals surface area contributed by atoms with Crippen LogP contribution in [0.5, 0.6) is 0 Å². The predicted molar refractivity (Wildman–Crippen MR) is 86.6 cm³/mol. The summed E-state index contributed by atoms with van der Waals surface area (Å²) in [6.45, 7) is 5.77. The van der Waals surface area contributed by atoms with E-state index in [1.807, 2.05) is 13.8 Å². The molecule has 23 heavy (non-hydrogen) atoms. The first-order valence-electron chi connectivity index (χ1n) is 7.00. The van der Waals surface area contributed by atoms with Crippen LogP contribution in [0.3, 0.4) is 0 Å². The molecule has 0 saturated carbocycles. The lowest BCUT2D eigenvalue weighted by molar-refractivity contribution is 0.0595. The van der Waals surface area contributed by atoms with E-state index in [2.05, 4.69) is 15.0 Å². The van der Waals surface area contributed by atoms with E-state index in [-0.39, 0.29) is 17.4 Å².